The Morgan fingerprint density at radius 2 is 1.94 bits per heavy atom. The average Bonchev–Trinajstić information content (AvgIpc) is 3.35. The maximum atomic E-state index is 13.4. The van der Waals surface area contributed by atoms with E-state index < -0.39 is 0 Å². The first-order valence-corrected chi connectivity index (χ1v) is 12.5. The van der Waals surface area contributed by atoms with Gasteiger partial charge in [-0.2, -0.15) is 10.1 Å². The van der Waals surface area contributed by atoms with E-state index in [-0.39, 0.29) is 11.6 Å². The lowest BCUT2D eigenvalue weighted by molar-refractivity contribution is -0.126. The number of fused-ring (bicyclic) bond motifs is 2. The summed E-state index contributed by atoms with van der Waals surface area (Å²) in [7, 11) is 4.02. The van der Waals surface area contributed by atoms with Crippen molar-refractivity contribution in [3.05, 3.63) is 58.3 Å². The van der Waals surface area contributed by atoms with Gasteiger partial charge in [0.15, 0.2) is 0 Å². The third-order valence-electron chi connectivity index (χ3n) is 7.30. The molecule has 0 saturated carbocycles. The molecule has 2 aliphatic heterocycles. The van der Waals surface area contributed by atoms with E-state index in [4.69, 9.17) is 0 Å². The second-order valence-corrected chi connectivity index (χ2v) is 9.85. The van der Waals surface area contributed by atoms with E-state index >= 15 is 0 Å². The molecular formula is C26H34N8O2. The summed E-state index contributed by atoms with van der Waals surface area (Å²) in [6.45, 7) is 11.0. The van der Waals surface area contributed by atoms with Crippen molar-refractivity contribution in [3.8, 4) is 0 Å². The normalized spacial score (nSPS) is 16.1. The molecule has 5 rings (SSSR count). The zero-order valence-corrected chi connectivity index (χ0v) is 21.3. The van der Waals surface area contributed by atoms with Crippen LogP contribution >= 0.6 is 0 Å². The summed E-state index contributed by atoms with van der Waals surface area (Å²) >= 11 is 0. The first kappa shape index (κ1) is 24.1. The molecule has 0 spiro atoms. The Morgan fingerprint density at radius 1 is 1.17 bits per heavy atom. The first-order chi connectivity index (χ1) is 17.4. The molecule has 3 aromatic rings. The van der Waals surface area contributed by atoms with Gasteiger partial charge in [0.2, 0.25) is 5.91 Å². The maximum absolute atomic E-state index is 13.4. The number of hydrogen-bond donors (Lipinski definition) is 1. The fourth-order valence-electron chi connectivity index (χ4n) is 5.35. The number of nitrogens with one attached hydrogen (secondary N) is 1. The van der Waals surface area contributed by atoms with Gasteiger partial charge in [0, 0.05) is 62.5 Å². The van der Waals surface area contributed by atoms with E-state index in [1.54, 1.807) is 4.90 Å². The van der Waals surface area contributed by atoms with Gasteiger partial charge in [0.05, 0.1) is 23.9 Å². The lowest BCUT2D eigenvalue weighted by atomic mass is 10.0. The maximum Gasteiger partial charge on any atom is 0.349 e. The molecule has 190 valence electrons. The van der Waals surface area contributed by atoms with Gasteiger partial charge < -0.3 is 19.6 Å². The third-order valence-corrected chi connectivity index (χ3v) is 7.30. The lowest BCUT2D eigenvalue weighted by Crippen LogP contribution is -2.50. The van der Waals surface area contributed by atoms with Crippen molar-refractivity contribution < 1.29 is 4.79 Å². The number of rotatable bonds is 6. The fourth-order valence-corrected chi connectivity index (χ4v) is 5.35. The number of amides is 1. The summed E-state index contributed by atoms with van der Waals surface area (Å²) in [5, 5.41) is 8.43. The van der Waals surface area contributed by atoms with Gasteiger partial charge in [0.25, 0.3) is 0 Å². The molecule has 1 amide bonds. The van der Waals surface area contributed by atoms with Gasteiger partial charge in [-0.15, -0.1) is 0 Å². The number of likely N-dealkylation sites (N-methyl/N-ethyl adjacent to an activating group) is 1. The van der Waals surface area contributed by atoms with Crippen molar-refractivity contribution in [2.75, 3.05) is 63.2 Å². The smallest absolute Gasteiger partial charge is 0.349 e. The standard InChI is InChI=1S/C26H34N8O2/c1-5-23(35)31-11-13-32(14-12-31)25-19-8-9-33(24-18(2)6-7-21-20(24)16-27-29-21)17-22(19)34(26(36)28-25)15-10-30(3)4/h5-7,16H,1,8-15,17H2,2-4H3,(H,27,29). The topological polar surface area (TPSA) is 93.6 Å². The van der Waals surface area contributed by atoms with Gasteiger partial charge >= 0.3 is 5.69 Å². The molecule has 4 heterocycles. The highest BCUT2D eigenvalue weighted by atomic mass is 16.2. The van der Waals surface area contributed by atoms with Gasteiger partial charge in [0.1, 0.15) is 5.82 Å². The lowest BCUT2D eigenvalue weighted by Gasteiger charge is -2.39. The minimum Gasteiger partial charge on any atom is -0.365 e. The fraction of sp³-hybridized carbons (Fsp3) is 0.462. The summed E-state index contributed by atoms with van der Waals surface area (Å²) in [5.41, 5.74) is 5.32. The molecule has 1 N–H and O–H groups in total. The van der Waals surface area contributed by atoms with E-state index in [9.17, 15) is 9.59 Å². The van der Waals surface area contributed by atoms with Crippen LogP contribution in [0.3, 0.4) is 0 Å². The van der Waals surface area contributed by atoms with Crippen LogP contribution in [0.5, 0.6) is 0 Å². The highest BCUT2D eigenvalue weighted by molar-refractivity contribution is 5.93. The largest absolute Gasteiger partial charge is 0.365 e. The van der Waals surface area contributed by atoms with Crippen LogP contribution in [-0.4, -0.2) is 88.8 Å². The molecule has 0 atom stereocenters. The van der Waals surface area contributed by atoms with E-state index in [2.05, 4.69) is 55.5 Å². The number of piperazine rings is 1. The molecular weight excluding hydrogens is 456 g/mol. The van der Waals surface area contributed by atoms with Crippen molar-refractivity contribution in [2.45, 2.75) is 26.4 Å². The Kier molecular flexibility index (Phi) is 6.53. The van der Waals surface area contributed by atoms with Crippen LogP contribution in [0.4, 0.5) is 11.5 Å². The summed E-state index contributed by atoms with van der Waals surface area (Å²) in [6, 6.07) is 4.18. The Hall–Kier alpha value is -3.66. The van der Waals surface area contributed by atoms with Gasteiger partial charge in [-0.3, -0.25) is 14.5 Å². The Morgan fingerprint density at radius 3 is 2.67 bits per heavy atom. The zero-order valence-electron chi connectivity index (χ0n) is 21.3. The Balaban J connectivity index is 1.53. The predicted octanol–water partition coefficient (Wildman–Crippen LogP) is 1.39. The van der Waals surface area contributed by atoms with Crippen LogP contribution in [0.15, 0.2) is 35.8 Å². The highest BCUT2D eigenvalue weighted by Crippen LogP contribution is 2.35. The summed E-state index contributed by atoms with van der Waals surface area (Å²) in [4.78, 5) is 38.4. The van der Waals surface area contributed by atoms with E-state index in [0.717, 1.165) is 53.2 Å². The minimum absolute atomic E-state index is 0.0526. The molecule has 10 nitrogen and oxygen atoms in total. The second-order valence-electron chi connectivity index (χ2n) is 9.85. The molecule has 0 radical (unpaired) electrons. The number of aromatic amines is 1. The summed E-state index contributed by atoms with van der Waals surface area (Å²) in [6.07, 6.45) is 4.03. The minimum atomic E-state index is -0.213. The van der Waals surface area contributed by atoms with Crippen molar-refractivity contribution >= 4 is 28.3 Å². The Labute approximate surface area is 210 Å². The first-order valence-electron chi connectivity index (χ1n) is 12.5. The number of carbonyl (C=O) groups excluding carboxylic acids is 1. The summed E-state index contributed by atoms with van der Waals surface area (Å²) < 4.78 is 1.85. The molecule has 2 aliphatic rings. The molecule has 10 heteroatoms. The molecule has 0 aliphatic carbocycles. The summed E-state index contributed by atoms with van der Waals surface area (Å²) in [5.74, 6) is 0.725. The van der Waals surface area contributed by atoms with Crippen LogP contribution in [-0.2, 0) is 24.3 Å². The quantitative estimate of drug-likeness (QED) is 0.522. The molecule has 2 aromatic heterocycles. The molecule has 36 heavy (non-hydrogen) atoms. The van der Waals surface area contributed by atoms with E-state index in [0.29, 0.717) is 39.3 Å². The SMILES string of the molecule is C=CC(=O)N1CCN(c2nc(=O)n(CCN(C)C)c3c2CCN(c2c(C)ccc4[nH]ncc24)C3)CC1. The number of aryl methyl sites for hydroxylation is 1. The van der Waals surface area contributed by atoms with Crippen LogP contribution < -0.4 is 15.5 Å². The van der Waals surface area contributed by atoms with Crippen LogP contribution in [0, 0.1) is 6.92 Å². The molecule has 0 bridgehead atoms. The number of carbonyl (C=O) groups is 1. The van der Waals surface area contributed by atoms with Gasteiger partial charge in [-0.1, -0.05) is 12.6 Å². The zero-order chi connectivity index (χ0) is 25.4. The number of nitrogens with zero attached hydrogens (tertiary/aromatic N) is 7. The molecule has 1 aromatic carbocycles. The highest BCUT2D eigenvalue weighted by Gasteiger charge is 2.30. The second kappa shape index (κ2) is 9.77. The third kappa shape index (κ3) is 4.37. The predicted molar refractivity (Wildman–Crippen MR) is 142 cm³/mol. The van der Waals surface area contributed by atoms with Crippen molar-refractivity contribution in [3.63, 3.8) is 0 Å². The molecule has 0 unspecified atom stereocenters. The van der Waals surface area contributed by atoms with Crippen LogP contribution in [0.25, 0.3) is 10.9 Å². The van der Waals surface area contributed by atoms with Crippen molar-refractivity contribution in [1.29, 1.82) is 0 Å². The number of hydrogen-bond acceptors (Lipinski definition) is 7. The molecule has 1 saturated heterocycles. The molecule has 1 fully saturated rings. The van der Waals surface area contributed by atoms with E-state index in [1.807, 2.05) is 24.9 Å². The van der Waals surface area contributed by atoms with Gasteiger partial charge in [-0.05, 0) is 45.1 Å². The monoisotopic (exact) mass is 490 g/mol. The van der Waals surface area contributed by atoms with Gasteiger partial charge in [-0.25, -0.2) is 4.79 Å². The van der Waals surface area contributed by atoms with Crippen molar-refractivity contribution in [1.82, 2.24) is 29.5 Å². The van der Waals surface area contributed by atoms with Crippen molar-refractivity contribution in [2.24, 2.45) is 0 Å². The number of aromatic nitrogens is 4. The van der Waals surface area contributed by atoms with Crippen LogP contribution in [0.2, 0.25) is 0 Å². The number of H-pyrrole nitrogens is 1. The number of anilines is 2. The van der Waals surface area contributed by atoms with Crippen LogP contribution in [0.1, 0.15) is 16.8 Å². The van der Waals surface area contributed by atoms with E-state index in [1.165, 1.54) is 11.6 Å². The number of benzene rings is 1. The average molecular weight is 491 g/mol. The Bertz CT molecular complexity index is 1350.